The molecule has 0 aromatic heterocycles. The first kappa shape index (κ1) is 10.9. The zero-order valence-corrected chi connectivity index (χ0v) is 8.08. The van der Waals surface area contributed by atoms with Crippen molar-refractivity contribution in [3.8, 4) is 0 Å². The molecule has 2 atom stereocenters. The van der Waals surface area contributed by atoms with Crippen LogP contribution in [-0.4, -0.2) is 30.6 Å². The van der Waals surface area contributed by atoms with E-state index in [1.165, 1.54) is 0 Å². The van der Waals surface area contributed by atoms with Gasteiger partial charge in [-0.15, -0.1) is 0 Å². The second-order valence-electron chi connectivity index (χ2n) is 3.35. The molecular weight excluding hydrogens is 186 g/mol. The molecule has 1 rings (SSSR count). The number of hydrogen-bond acceptors (Lipinski definition) is 4. The fourth-order valence-corrected chi connectivity index (χ4v) is 1.45. The van der Waals surface area contributed by atoms with E-state index in [1.807, 2.05) is 6.92 Å². The molecule has 6 heteroatoms. The molecule has 6 nitrogen and oxygen atoms in total. The van der Waals surface area contributed by atoms with E-state index in [9.17, 15) is 9.59 Å². The Balaban J connectivity index is 2.36. The molecular formula is C8H15N3O3. The minimum atomic E-state index is -0.816. The number of rotatable bonds is 1. The summed E-state index contributed by atoms with van der Waals surface area (Å²) < 4.78 is 5.30. The number of carbonyl (C=O) groups excluding carboxylic acids is 2. The molecule has 0 aromatic carbocycles. The van der Waals surface area contributed by atoms with E-state index in [4.69, 9.17) is 10.6 Å². The van der Waals surface area contributed by atoms with Gasteiger partial charge in [-0.05, 0) is 19.8 Å². The highest BCUT2D eigenvalue weighted by molar-refractivity contribution is 6.34. The highest BCUT2D eigenvalue weighted by Crippen LogP contribution is 2.12. The van der Waals surface area contributed by atoms with Crippen molar-refractivity contribution < 1.29 is 14.3 Å². The van der Waals surface area contributed by atoms with E-state index < -0.39 is 11.8 Å². The monoisotopic (exact) mass is 201 g/mol. The lowest BCUT2D eigenvalue weighted by atomic mass is 10.0. The summed E-state index contributed by atoms with van der Waals surface area (Å²) in [4.78, 5) is 21.9. The molecule has 0 spiro atoms. The van der Waals surface area contributed by atoms with Crippen LogP contribution in [-0.2, 0) is 14.3 Å². The Bertz CT molecular complexity index is 232. The average Bonchev–Trinajstić information content (AvgIpc) is 2.16. The third-order valence-electron chi connectivity index (χ3n) is 2.16. The molecule has 0 bridgehead atoms. The number of nitrogens with two attached hydrogens (primary N) is 1. The number of amides is 2. The summed E-state index contributed by atoms with van der Waals surface area (Å²) in [5.74, 6) is 3.32. The van der Waals surface area contributed by atoms with Gasteiger partial charge < -0.3 is 10.1 Å². The number of carbonyl (C=O) groups is 2. The van der Waals surface area contributed by atoms with Crippen LogP contribution in [0.5, 0.6) is 0 Å². The Kier molecular flexibility index (Phi) is 3.84. The SMILES string of the molecule is CC1CC(NC(=O)C(=O)NN)CCO1. The van der Waals surface area contributed by atoms with Crippen LogP contribution in [0, 0.1) is 0 Å². The first-order chi connectivity index (χ1) is 6.63. The fourth-order valence-electron chi connectivity index (χ4n) is 1.45. The lowest BCUT2D eigenvalue weighted by Crippen LogP contribution is -2.49. The van der Waals surface area contributed by atoms with Gasteiger partial charge in [0.25, 0.3) is 0 Å². The number of ether oxygens (including phenoxy) is 1. The highest BCUT2D eigenvalue weighted by atomic mass is 16.5. The van der Waals surface area contributed by atoms with Crippen molar-refractivity contribution in [3.63, 3.8) is 0 Å². The van der Waals surface area contributed by atoms with Crippen molar-refractivity contribution in [3.05, 3.63) is 0 Å². The van der Waals surface area contributed by atoms with Crippen molar-refractivity contribution in [2.24, 2.45) is 5.84 Å². The molecule has 0 aliphatic carbocycles. The topological polar surface area (TPSA) is 93.5 Å². The summed E-state index contributed by atoms with van der Waals surface area (Å²) in [6.07, 6.45) is 1.58. The van der Waals surface area contributed by atoms with Gasteiger partial charge in [-0.25, -0.2) is 5.84 Å². The molecule has 4 N–H and O–H groups in total. The van der Waals surface area contributed by atoms with Crippen LogP contribution in [0.3, 0.4) is 0 Å². The van der Waals surface area contributed by atoms with E-state index in [1.54, 1.807) is 5.43 Å². The quantitative estimate of drug-likeness (QED) is 0.212. The molecule has 2 unspecified atom stereocenters. The third kappa shape index (κ3) is 2.97. The lowest BCUT2D eigenvalue weighted by Gasteiger charge is -2.27. The van der Waals surface area contributed by atoms with E-state index in [2.05, 4.69) is 5.32 Å². The molecule has 1 aliphatic heterocycles. The summed E-state index contributed by atoms with van der Waals surface area (Å²) in [5, 5.41) is 2.59. The Morgan fingerprint density at radius 2 is 2.14 bits per heavy atom. The largest absolute Gasteiger partial charge is 0.378 e. The molecule has 2 amide bonds. The zero-order chi connectivity index (χ0) is 10.6. The number of hydrogen-bond donors (Lipinski definition) is 3. The highest BCUT2D eigenvalue weighted by Gasteiger charge is 2.23. The van der Waals surface area contributed by atoms with Gasteiger partial charge in [0.15, 0.2) is 0 Å². The smallest absolute Gasteiger partial charge is 0.323 e. The van der Waals surface area contributed by atoms with Gasteiger partial charge in [0.05, 0.1) is 6.10 Å². The van der Waals surface area contributed by atoms with E-state index >= 15 is 0 Å². The van der Waals surface area contributed by atoms with Gasteiger partial charge in [0, 0.05) is 12.6 Å². The molecule has 1 heterocycles. The van der Waals surface area contributed by atoms with Crippen LogP contribution >= 0.6 is 0 Å². The lowest BCUT2D eigenvalue weighted by molar-refractivity contribution is -0.140. The Morgan fingerprint density at radius 3 is 2.71 bits per heavy atom. The van der Waals surface area contributed by atoms with Crippen LogP contribution in [0.4, 0.5) is 0 Å². The van der Waals surface area contributed by atoms with Crippen molar-refractivity contribution in [2.75, 3.05) is 6.61 Å². The van der Waals surface area contributed by atoms with Gasteiger partial charge in [0.1, 0.15) is 0 Å². The van der Waals surface area contributed by atoms with Crippen molar-refractivity contribution in [1.29, 1.82) is 0 Å². The minimum absolute atomic E-state index is 0.00329. The second kappa shape index (κ2) is 4.92. The molecule has 80 valence electrons. The molecule has 1 saturated heterocycles. The third-order valence-corrected chi connectivity index (χ3v) is 2.16. The first-order valence-corrected chi connectivity index (χ1v) is 4.56. The van der Waals surface area contributed by atoms with Crippen molar-refractivity contribution in [1.82, 2.24) is 10.7 Å². The summed E-state index contributed by atoms with van der Waals surface area (Å²) >= 11 is 0. The summed E-state index contributed by atoms with van der Waals surface area (Å²) in [6, 6.07) is 0.00329. The maximum Gasteiger partial charge on any atom is 0.323 e. The zero-order valence-electron chi connectivity index (χ0n) is 8.08. The fraction of sp³-hybridized carbons (Fsp3) is 0.750. The van der Waals surface area contributed by atoms with Gasteiger partial charge in [-0.2, -0.15) is 0 Å². The molecule has 14 heavy (non-hydrogen) atoms. The first-order valence-electron chi connectivity index (χ1n) is 4.56. The van der Waals surface area contributed by atoms with Crippen LogP contribution < -0.4 is 16.6 Å². The predicted molar refractivity (Wildman–Crippen MR) is 48.9 cm³/mol. The number of hydrazine groups is 1. The van der Waals surface area contributed by atoms with Gasteiger partial charge >= 0.3 is 11.8 Å². The Morgan fingerprint density at radius 1 is 1.43 bits per heavy atom. The Labute approximate surface area is 82.1 Å². The van der Waals surface area contributed by atoms with E-state index in [0.717, 1.165) is 12.8 Å². The van der Waals surface area contributed by atoms with E-state index in [-0.39, 0.29) is 12.1 Å². The van der Waals surface area contributed by atoms with Crippen LogP contribution in [0.15, 0.2) is 0 Å². The molecule has 0 aromatic rings. The molecule has 0 radical (unpaired) electrons. The standard InChI is InChI=1S/C8H15N3O3/c1-5-4-6(2-3-14-5)10-7(12)8(13)11-9/h5-6H,2-4,9H2,1H3,(H,10,12)(H,11,13). The molecule has 1 aliphatic rings. The van der Waals surface area contributed by atoms with Crippen LogP contribution in [0.1, 0.15) is 19.8 Å². The maximum atomic E-state index is 11.1. The summed E-state index contributed by atoms with van der Waals surface area (Å²) in [7, 11) is 0. The summed E-state index contributed by atoms with van der Waals surface area (Å²) in [5.41, 5.74) is 1.78. The van der Waals surface area contributed by atoms with Gasteiger partial charge in [-0.3, -0.25) is 15.0 Å². The number of nitrogens with one attached hydrogen (secondary N) is 2. The van der Waals surface area contributed by atoms with Crippen LogP contribution in [0.25, 0.3) is 0 Å². The van der Waals surface area contributed by atoms with Crippen molar-refractivity contribution >= 4 is 11.8 Å². The van der Waals surface area contributed by atoms with Crippen LogP contribution in [0.2, 0.25) is 0 Å². The Hall–Kier alpha value is -1.14. The van der Waals surface area contributed by atoms with Gasteiger partial charge in [-0.1, -0.05) is 0 Å². The second-order valence-corrected chi connectivity index (χ2v) is 3.35. The average molecular weight is 201 g/mol. The molecule has 1 fully saturated rings. The normalized spacial score (nSPS) is 26.7. The predicted octanol–water partition coefficient (Wildman–Crippen LogP) is -1.34. The van der Waals surface area contributed by atoms with Gasteiger partial charge in [0.2, 0.25) is 0 Å². The maximum absolute atomic E-state index is 11.1. The molecule has 0 saturated carbocycles. The summed E-state index contributed by atoms with van der Waals surface area (Å²) in [6.45, 7) is 2.54. The minimum Gasteiger partial charge on any atom is -0.378 e. The van der Waals surface area contributed by atoms with E-state index in [0.29, 0.717) is 6.61 Å². The van der Waals surface area contributed by atoms with Crippen molar-refractivity contribution in [2.45, 2.75) is 31.9 Å².